The number of rotatable bonds is 4. The molecule has 2 amide bonds. The molecule has 0 aromatic heterocycles. The molecule has 0 aliphatic carbocycles. The first-order valence-electron chi connectivity index (χ1n) is 7.81. The number of hydrogen-bond acceptors (Lipinski definition) is 3. The Hall–Kier alpha value is -2.62. The Labute approximate surface area is 136 Å². The SMILES string of the molecule is CC.Cc1ccc(OCCN2C(=O)c3ccccc3C2=O)cc1. The predicted molar refractivity (Wildman–Crippen MR) is 89.8 cm³/mol. The second-order valence-electron chi connectivity index (χ2n) is 4.97. The summed E-state index contributed by atoms with van der Waals surface area (Å²) in [6.45, 7) is 6.54. The number of ether oxygens (including phenoxy) is 1. The van der Waals surface area contributed by atoms with Gasteiger partial charge in [0.05, 0.1) is 17.7 Å². The van der Waals surface area contributed by atoms with Crippen LogP contribution in [-0.4, -0.2) is 29.9 Å². The minimum absolute atomic E-state index is 0.247. The van der Waals surface area contributed by atoms with Gasteiger partial charge in [-0.15, -0.1) is 0 Å². The summed E-state index contributed by atoms with van der Waals surface area (Å²) < 4.78 is 5.57. The van der Waals surface area contributed by atoms with Crippen molar-refractivity contribution in [2.24, 2.45) is 0 Å². The van der Waals surface area contributed by atoms with E-state index in [-0.39, 0.29) is 25.0 Å². The zero-order valence-electron chi connectivity index (χ0n) is 13.7. The quantitative estimate of drug-likeness (QED) is 0.809. The molecule has 0 atom stereocenters. The van der Waals surface area contributed by atoms with E-state index in [1.807, 2.05) is 45.0 Å². The third kappa shape index (κ3) is 3.59. The standard InChI is InChI=1S/C17H15NO3.C2H6/c1-12-6-8-13(9-7-12)21-11-10-18-16(19)14-4-2-3-5-15(14)17(18)20;1-2/h2-9H,10-11H2,1H3;1-2H3. The second-order valence-corrected chi connectivity index (χ2v) is 4.97. The highest BCUT2D eigenvalue weighted by molar-refractivity contribution is 6.21. The molecule has 1 aliphatic heterocycles. The van der Waals surface area contributed by atoms with E-state index >= 15 is 0 Å². The van der Waals surface area contributed by atoms with E-state index in [0.717, 1.165) is 11.3 Å². The van der Waals surface area contributed by atoms with Crippen molar-refractivity contribution in [2.75, 3.05) is 13.2 Å². The zero-order chi connectivity index (χ0) is 16.8. The summed E-state index contributed by atoms with van der Waals surface area (Å²) >= 11 is 0. The first-order valence-corrected chi connectivity index (χ1v) is 7.81. The van der Waals surface area contributed by atoms with Crippen LogP contribution in [0.4, 0.5) is 0 Å². The van der Waals surface area contributed by atoms with E-state index in [1.165, 1.54) is 4.90 Å². The molecule has 0 saturated heterocycles. The van der Waals surface area contributed by atoms with Crippen molar-refractivity contribution in [3.8, 4) is 5.75 Å². The molecule has 1 aliphatic rings. The molecule has 3 rings (SSSR count). The summed E-state index contributed by atoms with van der Waals surface area (Å²) in [5.41, 5.74) is 2.10. The summed E-state index contributed by atoms with van der Waals surface area (Å²) in [5.74, 6) is 0.239. The number of benzene rings is 2. The zero-order valence-corrected chi connectivity index (χ0v) is 13.7. The van der Waals surface area contributed by atoms with Gasteiger partial charge in [0.1, 0.15) is 12.4 Å². The average molecular weight is 311 g/mol. The third-order valence-electron chi connectivity index (χ3n) is 3.48. The van der Waals surface area contributed by atoms with Crippen LogP contribution in [0, 0.1) is 6.92 Å². The maximum atomic E-state index is 12.1. The Morgan fingerprint density at radius 1 is 0.870 bits per heavy atom. The molecule has 4 nitrogen and oxygen atoms in total. The van der Waals surface area contributed by atoms with E-state index in [1.54, 1.807) is 24.3 Å². The summed E-state index contributed by atoms with van der Waals surface area (Å²) in [5, 5.41) is 0. The van der Waals surface area contributed by atoms with Gasteiger partial charge in [0.15, 0.2) is 0 Å². The second kappa shape index (κ2) is 7.58. The van der Waals surface area contributed by atoms with Gasteiger partial charge in [-0.2, -0.15) is 0 Å². The van der Waals surface area contributed by atoms with Crippen molar-refractivity contribution in [1.82, 2.24) is 4.90 Å². The van der Waals surface area contributed by atoms with E-state index in [9.17, 15) is 9.59 Å². The fourth-order valence-electron chi connectivity index (χ4n) is 2.33. The van der Waals surface area contributed by atoms with E-state index in [0.29, 0.717) is 11.1 Å². The van der Waals surface area contributed by atoms with Crippen LogP contribution in [-0.2, 0) is 0 Å². The van der Waals surface area contributed by atoms with Gasteiger partial charge in [0.2, 0.25) is 0 Å². The lowest BCUT2D eigenvalue weighted by Gasteiger charge is -2.14. The number of fused-ring (bicyclic) bond motifs is 1. The minimum Gasteiger partial charge on any atom is -0.492 e. The van der Waals surface area contributed by atoms with Crippen LogP contribution >= 0.6 is 0 Å². The summed E-state index contributed by atoms with van der Waals surface area (Å²) in [6, 6.07) is 14.5. The molecule has 4 heteroatoms. The maximum Gasteiger partial charge on any atom is 0.261 e. The molecule has 0 fully saturated rings. The lowest BCUT2D eigenvalue weighted by atomic mass is 10.1. The molecular weight excluding hydrogens is 290 g/mol. The molecule has 2 aromatic rings. The smallest absolute Gasteiger partial charge is 0.261 e. The van der Waals surface area contributed by atoms with Gasteiger partial charge < -0.3 is 4.74 Å². The van der Waals surface area contributed by atoms with Gasteiger partial charge in [-0.1, -0.05) is 43.7 Å². The Balaban J connectivity index is 0.000000924. The molecule has 0 radical (unpaired) electrons. The average Bonchev–Trinajstić information content (AvgIpc) is 2.84. The number of imide groups is 1. The number of nitrogens with zero attached hydrogens (tertiary/aromatic N) is 1. The molecule has 0 N–H and O–H groups in total. The van der Waals surface area contributed by atoms with Crippen LogP contribution < -0.4 is 4.74 Å². The van der Waals surface area contributed by atoms with Crippen LogP contribution in [0.1, 0.15) is 40.1 Å². The summed E-state index contributed by atoms with van der Waals surface area (Å²) in [7, 11) is 0. The third-order valence-corrected chi connectivity index (χ3v) is 3.48. The Morgan fingerprint density at radius 3 is 1.91 bits per heavy atom. The molecule has 2 aromatic carbocycles. The predicted octanol–water partition coefficient (Wildman–Crippen LogP) is 3.70. The van der Waals surface area contributed by atoms with Gasteiger partial charge in [-0.3, -0.25) is 14.5 Å². The minimum atomic E-state index is -0.247. The fourth-order valence-corrected chi connectivity index (χ4v) is 2.33. The number of aryl methyl sites for hydroxylation is 1. The van der Waals surface area contributed by atoms with Crippen molar-refractivity contribution >= 4 is 11.8 Å². The molecule has 0 saturated carbocycles. The van der Waals surface area contributed by atoms with Crippen molar-refractivity contribution in [1.29, 1.82) is 0 Å². The number of carbonyl (C=O) groups excluding carboxylic acids is 2. The molecule has 1 heterocycles. The van der Waals surface area contributed by atoms with Gasteiger partial charge in [-0.05, 0) is 31.2 Å². The Morgan fingerprint density at radius 2 is 1.39 bits per heavy atom. The van der Waals surface area contributed by atoms with Crippen LogP contribution in [0.25, 0.3) is 0 Å². The lowest BCUT2D eigenvalue weighted by Crippen LogP contribution is -2.33. The van der Waals surface area contributed by atoms with E-state index in [2.05, 4.69) is 0 Å². The van der Waals surface area contributed by atoms with Crippen molar-refractivity contribution < 1.29 is 14.3 Å². The summed E-state index contributed by atoms with van der Waals surface area (Å²) in [4.78, 5) is 25.5. The monoisotopic (exact) mass is 311 g/mol. The molecule has 0 spiro atoms. The maximum absolute atomic E-state index is 12.1. The highest BCUT2D eigenvalue weighted by atomic mass is 16.5. The number of hydrogen-bond donors (Lipinski definition) is 0. The molecule has 0 bridgehead atoms. The summed E-state index contributed by atoms with van der Waals surface area (Å²) in [6.07, 6.45) is 0. The van der Waals surface area contributed by atoms with E-state index < -0.39 is 0 Å². The number of carbonyl (C=O) groups is 2. The topological polar surface area (TPSA) is 46.6 Å². The molecule has 23 heavy (non-hydrogen) atoms. The van der Waals surface area contributed by atoms with Crippen LogP contribution in [0.2, 0.25) is 0 Å². The van der Waals surface area contributed by atoms with Gasteiger partial charge in [0, 0.05) is 0 Å². The fraction of sp³-hybridized carbons (Fsp3) is 0.263. The highest BCUT2D eigenvalue weighted by Crippen LogP contribution is 2.22. The van der Waals surface area contributed by atoms with Crippen molar-refractivity contribution in [3.05, 3.63) is 65.2 Å². The van der Waals surface area contributed by atoms with Gasteiger partial charge in [0.25, 0.3) is 11.8 Å². The van der Waals surface area contributed by atoms with Crippen LogP contribution in [0.5, 0.6) is 5.75 Å². The number of amides is 2. The Bertz CT molecular complexity index is 657. The van der Waals surface area contributed by atoms with Gasteiger partial charge in [-0.25, -0.2) is 0 Å². The highest BCUT2D eigenvalue weighted by Gasteiger charge is 2.34. The van der Waals surface area contributed by atoms with Crippen LogP contribution in [0.3, 0.4) is 0 Å². The molecular formula is C19H21NO3. The van der Waals surface area contributed by atoms with Crippen molar-refractivity contribution in [3.63, 3.8) is 0 Å². The van der Waals surface area contributed by atoms with Crippen molar-refractivity contribution in [2.45, 2.75) is 20.8 Å². The van der Waals surface area contributed by atoms with E-state index in [4.69, 9.17) is 4.74 Å². The van der Waals surface area contributed by atoms with Gasteiger partial charge >= 0.3 is 0 Å². The molecule has 120 valence electrons. The van der Waals surface area contributed by atoms with Crippen LogP contribution in [0.15, 0.2) is 48.5 Å². The molecule has 0 unspecified atom stereocenters. The largest absolute Gasteiger partial charge is 0.492 e. The Kier molecular flexibility index (Phi) is 5.52. The first-order chi connectivity index (χ1) is 11.2. The normalized spacial score (nSPS) is 12.6. The first kappa shape index (κ1) is 16.7. The lowest BCUT2D eigenvalue weighted by molar-refractivity contribution is 0.0631.